The second-order valence-electron chi connectivity index (χ2n) is 6.65. The Hall–Kier alpha value is -3.67. The maximum Gasteiger partial charge on any atom is 0.244 e. The standard InChI is InChI=1S/C23H20FN3O2/c1-15-23-19(10-11-25-15)18-8-7-17(14-21(18)27-23)29-13-12-26-22(28)9-6-16-4-2-3-5-20(16)24/h2-11,14,27H,12-13H2,1H3,(H,26,28)/b9-6+. The van der Waals surface area contributed by atoms with Crippen molar-refractivity contribution in [1.82, 2.24) is 15.3 Å². The summed E-state index contributed by atoms with van der Waals surface area (Å²) in [4.78, 5) is 19.6. The lowest BCUT2D eigenvalue weighted by atomic mass is 10.1. The number of nitrogens with zero attached hydrogens (tertiary/aromatic N) is 1. The third-order valence-corrected chi connectivity index (χ3v) is 4.67. The number of nitrogens with one attached hydrogen (secondary N) is 2. The number of H-pyrrole nitrogens is 1. The zero-order valence-corrected chi connectivity index (χ0v) is 15.9. The van der Waals surface area contributed by atoms with Crippen molar-refractivity contribution in [3.8, 4) is 5.75 Å². The summed E-state index contributed by atoms with van der Waals surface area (Å²) in [6.45, 7) is 2.64. The molecule has 4 rings (SSSR count). The molecule has 146 valence electrons. The van der Waals surface area contributed by atoms with Crippen molar-refractivity contribution in [3.05, 3.63) is 77.9 Å². The Bertz CT molecular complexity index is 1210. The SMILES string of the molecule is Cc1nccc2c1[nH]c1cc(OCCNC(=O)/C=C/c3ccccc3F)ccc12. The summed E-state index contributed by atoms with van der Waals surface area (Å²) in [5, 5.41) is 4.97. The summed E-state index contributed by atoms with van der Waals surface area (Å²) in [7, 11) is 0. The van der Waals surface area contributed by atoms with Crippen LogP contribution in [0.4, 0.5) is 4.39 Å². The number of aryl methyl sites for hydroxylation is 1. The van der Waals surface area contributed by atoms with E-state index in [1.54, 1.807) is 24.4 Å². The Morgan fingerprint density at radius 3 is 2.93 bits per heavy atom. The zero-order chi connectivity index (χ0) is 20.2. The number of hydrogen-bond donors (Lipinski definition) is 2. The number of fused-ring (bicyclic) bond motifs is 3. The van der Waals surface area contributed by atoms with Crippen molar-refractivity contribution in [3.63, 3.8) is 0 Å². The molecular formula is C23H20FN3O2. The second kappa shape index (κ2) is 8.14. The minimum absolute atomic E-state index is 0.300. The maximum atomic E-state index is 13.5. The van der Waals surface area contributed by atoms with E-state index in [0.29, 0.717) is 24.5 Å². The number of rotatable bonds is 6. The monoisotopic (exact) mass is 389 g/mol. The van der Waals surface area contributed by atoms with Crippen LogP contribution in [0.25, 0.3) is 27.9 Å². The van der Waals surface area contributed by atoms with Crippen LogP contribution < -0.4 is 10.1 Å². The van der Waals surface area contributed by atoms with Crippen LogP contribution in [-0.4, -0.2) is 29.0 Å². The molecule has 29 heavy (non-hydrogen) atoms. The predicted molar refractivity (Wildman–Crippen MR) is 112 cm³/mol. The van der Waals surface area contributed by atoms with E-state index >= 15 is 0 Å². The lowest BCUT2D eigenvalue weighted by Crippen LogP contribution is -2.26. The highest BCUT2D eigenvalue weighted by Crippen LogP contribution is 2.29. The number of carbonyl (C=O) groups is 1. The predicted octanol–water partition coefficient (Wildman–Crippen LogP) is 4.37. The molecule has 0 bridgehead atoms. The van der Waals surface area contributed by atoms with Gasteiger partial charge in [0.05, 0.1) is 23.3 Å². The van der Waals surface area contributed by atoms with Crippen molar-refractivity contribution in [2.24, 2.45) is 0 Å². The first-order valence-electron chi connectivity index (χ1n) is 9.32. The number of halogens is 1. The van der Waals surface area contributed by atoms with Gasteiger partial charge in [-0.05, 0) is 37.3 Å². The minimum Gasteiger partial charge on any atom is -0.492 e. The number of ether oxygens (including phenoxy) is 1. The molecule has 6 heteroatoms. The molecular weight excluding hydrogens is 369 g/mol. The molecule has 2 N–H and O–H groups in total. The topological polar surface area (TPSA) is 67.0 Å². The van der Waals surface area contributed by atoms with Crippen LogP contribution in [0.2, 0.25) is 0 Å². The Balaban J connectivity index is 1.33. The zero-order valence-electron chi connectivity index (χ0n) is 15.9. The van der Waals surface area contributed by atoms with E-state index in [-0.39, 0.29) is 11.7 Å². The summed E-state index contributed by atoms with van der Waals surface area (Å²) >= 11 is 0. The molecule has 0 radical (unpaired) electrons. The number of benzene rings is 2. The Labute approximate surface area is 167 Å². The number of amides is 1. The minimum atomic E-state index is -0.363. The molecule has 0 saturated heterocycles. The molecule has 0 aliphatic carbocycles. The molecule has 5 nitrogen and oxygen atoms in total. The van der Waals surface area contributed by atoms with Crippen LogP contribution in [0.3, 0.4) is 0 Å². The molecule has 0 aliphatic rings. The van der Waals surface area contributed by atoms with E-state index in [4.69, 9.17) is 4.74 Å². The molecule has 0 saturated carbocycles. The number of aromatic nitrogens is 2. The highest BCUT2D eigenvalue weighted by molar-refractivity contribution is 6.08. The van der Waals surface area contributed by atoms with Gasteiger partial charge in [-0.25, -0.2) is 4.39 Å². The van der Waals surface area contributed by atoms with E-state index in [0.717, 1.165) is 27.5 Å². The van der Waals surface area contributed by atoms with Crippen LogP contribution in [0.5, 0.6) is 5.75 Å². The summed E-state index contributed by atoms with van der Waals surface area (Å²) in [6, 6.07) is 14.1. The summed E-state index contributed by atoms with van der Waals surface area (Å²) in [5.41, 5.74) is 3.32. The molecule has 0 unspecified atom stereocenters. The normalized spacial score (nSPS) is 11.4. The van der Waals surface area contributed by atoms with E-state index in [2.05, 4.69) is 15.3 Å². The van der Waals surface area contributed by atoms with E-state index in [1.165, 1.54) is 18.2 Å². The lowest BCUT2D eigenvalue weighted by Gasteiger charge is -2.07. The Morgan fingerprint density at radius 1 is 1.21 bits per heavy atom. The van der Waals surface area contributed by atoms with E-state index in [9.17, 15) is 9.18 Å². The van der Waals surface area contributed by atoms with Crippen molar-refractivity contribution in [2.45, 2.75) is 6.92 Å². The van der Waals surface area contributed by atoms with Gasteiger partial charge in [-0.1, -0.05) is 18.2 Å². The highest BCUT2D eigenvalue weighted by atomic mass is 19.1. The van der Waals surface area contributed by atoms with Gasteiger partial charge in [-0.15, -0.1) is 0 Å². The first-order valence-corrected chi connectivity index (χ1v) is 9.32. The second-order valence-corrected chi connectivity index (χ2v) is 6.65. The van der Waals surface area contributed by atoms with Gasteiger partial charge in [0, 0.05) is 34.7 Å². The van der Waals surface area contributed by atoms with Gasteiger partial charge in [0.2, 0.25) is 5.91 Å². The number of pyridine rings is 1. The smallest absolute Gasteiger partial charge is 0.244 e. The van der Waals surface area contributed by atoms with Crippen molar-refractivity contribution >= 4 is 33.8 Å². The number of hydrogen-bond acceptors (Lipinski definition) is 3. The first-order chi connectivity index (χ1) is 14.1. The summed E-state index contributed by atoms with van der Waals surface area (Å²) in [5.74, 6) is 0.0509. The van der Waals surface area contributed by atoms with Gasteiger partial charge in [-0.2, -0.15) is 0 Å². The fourth-order valence-corrected chi connectivity index (χ4v) is 3.21. The summed E-state index contributed by atoms with van der Waals surface area (Å²) in [6.07, 6.45) is 4.57. The maximum absolute atomic E-state index is 13.5. The quantitative estimate of drug-likeness (QED) is 0.380. The van der Waals surface area contributed by atoms with Crippen LogP contribution in [0.15, 0.2) is 60.8 Å². The molecule has 0 aliphatic heterocycles. The third kappa shape index (κ3) is 4.11. The molecule has 4 aromatic rings. The van der Waals surface area contributed by atoms with Crippen molar-refractivity contribution in [2.75, 3.05) is 13.2 Å². The Kier molecular flexibility index (Phi) is 5.24. The van der Waals surface area contributed by atoms with Gasteiger partial charge >= 0.3 is 0 Å². The summed E-state index contributed by atoms with van der Waals surface area (Å²) < 4.78 is 19.3. The largest absolute Gasteiger partial charge is 0.492 e. The molecule has 0 fully saturated rings. The van der Waals surface area contributed by atoms with E-state index < -0.39 is 0 Å². The van der Waals surface area contributed by atoms with Crippen LogP contribution in [0.1, 0.15) is 11.3 Å². The van der Waals surface area contributed by atoms with Crippen LogP contribution in [-0.2, 0) is 4.79 Å². The fourth-order valence-electron chi connectivity index (χ4n) is 3.21. The third-order valence-electron chi connectivity index (χ3n) is 4.67. The van der Waals surface area contributed by atoms with Crippen molar-refractivity contribution in [1.29, 1.82) is 0 Å². The van der Waals surface area contributed by atoms with Gasteiger partial charge in [0.1, 0.15) is 18.2 Å². The van der Waals surface area contributed by atoms with Gasteiger partial charge in [0.25, 0.3) is 0 Å². The Morgan fingerprint density at radius 2 is 2.07 bits per heavy atom. The molecule has 0 atom stereocenters. The fraction of sp³-hybridized carbons (Fsp3) is 0.130. The number of carbonyl (C=O) groups excluding carboxylic acids is 1. The first kappa shape index (κ1) is 18.7. The van der Waals surface area contributed by atoms with Crippen LogP contribution in [0, 0.1) is 12.7 Å². The average molecular weight is 389 g/mol. The average Bonchev–Trinajstić information content (AvgIpc) is 3.10. The molecule has 1 amide bonds. The van der Waals surface area contributed by atoms with E-state index in [1.807, 2.05) is 31.2 Å². The molecule has 0 spiro atoms. The molecule has 2 aromatic heterocycles. The highest BCUT2D eigenvalue weighted by Gasteiger charge is 2.07. The van der Waals surface area contributed by atoms with Gasteiger partial charge in [0.15, 0.2) is 0 Å². The van der Waals surface area contributed by atoms with Crippen LogP contribution >= 0.6 is 0 Å². The van der Waals surface area contributed by atoms with Gasteiger partial charge < -0.3 is 15.0 Å². The molecule has 2 heterocycles. The van der Waals surface area contributed by atoms with Crippen molar-refractivity contribution < 1.29 is 13.9 Å². The molecule has 2 aromatic carbocycles. The lowest BCUT2D eigenvalue weighted by molar-refractivity contribution is -0.116. The number of aromatic amines is 1. The van der Waals surface area contributed by atoms with Gasteiger partial charge in [-0.3, -0.25) is 9.78 Å².